The van der Waals surface area contributed by atoms with Crippen molar-refractivity contribution in [1.29, 1.82) is 0 Å². The minimum absolute atomic E-state index is 0.0758. The highest BCUT2D eigenvalue weighted by atomic mass is 35.5. The Bertz CT molecular complexity index is 589. The molecule has 0 aliphatic rings. The molecule has 2 nitrogen and oxygen atoms in total. The Morgan fingerprint density at radius 3 is 2.00 bits per heavy atom. The van der Waals surface area contributed by atoms with E-state index in [4.69, 9.17) is 34.8 Å². The molecule has 0 fully saturated rings. The molecule has 19 heavy (non-hydrogen) atoms. The van der Waals surface area contributed by atoms with E-state index in [-0.39, 0.29) is 16.5 Å². The van der Waals surface area contributed by atoms with E-state index in [1.165, 1.54) is 6.07 Å². The first-order chi connectivity index (χ1) is 8.88. The zero-order valence-corrected chi connectivity index (χ0v) is 12.8. The molecule has 0 aliphatic heterocycles. The lowest BCUT2D eigenvalue weighted by Gasteiger charge is -2.10. The average molecular weight is 336 g/mol. The lowest BCUT2D eigenvalue weighted by Crippen LogP contribution is -1.82. The van der Waals surface area contributed by atoms with E-state index in [1.807, 2.05) is 0 Å². The highest BCUT2D eigenvalue weighted by Gasteiger charge is 2.13. The molecule has 0 aromatic heterocycles. The highest BCUT2D eigenvalue weighted by Crippen LogP contribution is 2.44. The number of phenols is 2. The molecule has 0 saturated carbocycles. The fourth-order valence-corrected chi connectivity index (χ4v) is 3.55. The van der Waals surface area contributed by atoms with Crippen LogP contribution in [0.4, 0.5) is 0 Å². The molecule has 2 rings (SSSR count). The van der Waals surface area contributed by atoms with Crippen LogP contribution in [0, 0.1) is 6.92 Å². The van der Waals surface area contributed by atoms with Gasteiger partial charge in [0, 0.05) is 10.0 Å². The first-order valence-electron chi connectivity index (χ1n) is 5.23. The van der Waals surface area contributed by atoms with E-state index in [2.05, 4.69) is 0 Å². The predicted octanol–water partition coefficient (Wildman–Crippen LogP) is 5.52. The van der Waals surface area contributed by atoms with Gasteiger partial charge in [0.05, 0.1) is 14.8 Å². The third-order valence-electron chi connectivity index (χ3n) is 2.44. The second-order valence-electron chi connectivity index (χ2n) is 3.91. The summed E-state index contributed by atoms with van der Waals surface area (Å²) in [6, 6.07) is 6.29. The van der Waals surface area contributed by atoms with E-state index >= 15 is 0 Å². The number of hydrogen-bond acceptors (Lipinski definition) is 3. The van der Waals surface area contributed by atoms with Gasteiger partial charge in [-0.1, -0.05) is 46.6 Å². The standard InChI is InChI=1S/C13H9Cl3O2S/c1-6-2-7(14)4-10(12(6)17)19-11-5-8(15)3-9(16)13(11)18/h2-5,17-18H,1H3. The van der Waals surface area contributed by atoms with Gasteiger partial charge < -0.3 is 10.2 Å². The molecule has 2 aromatic rings. The number of aromatic hydroxyl groups is 2. The SMILES string of the molecule is Cc1cc(Cl)cc(Sc2cc(Cl)cc(Cl)c2O)c1O. The maximum absolute atomic E-state index is 9.99. The number of aryl methyl sites for hydroxylation is 1. The van der Waals surface area contributed by atoms with Crippen LogP contribution >= 0.6 is 46.6 Å². The van der Waals surface area contributed by atoms with E-state index in [1.54, 1.807) is 25.1 Å². The summed E-state index contributed by atoms with van der Waals surface area (Å²) in [6.45, 7) is 1.75. The lowest BCUT2D eigenvalue weighted by molar-refractivity contribution is 0.457. The Kier molecular flexibility index (Phi) is 4.41. The van der Waals surface area contributed by atoms with Gasteiger partial charge in [0.2, 0.25) is 0 Å². The quantitative estimate of drug-likeness (QED) is 0.759. The second kappa shape index (κ2) is 5.71. The summed E-state index contributed by atoms with van der Waals surface area (Å²) < 4.78 is 0. The van der Waals surface area contributed by atoms with Gasteiger partial charge >= 0.3 is 0 Å². The highest BCUT2D eigenvalue weighted by molar-refractivity contribution is 7.99. The summed E-state index contributed by atoms with van der Waals surface area (Å²) in [4.78, 5) is 0.980. The monoisotopic (exact) mass is 334 g/mol. The maximum atomic E-state index is 9.99. The van der Waals surface area contributed by atoms with Crippen molar-refractivity contribution in [1.82, 2.24) is 0 Å². The third-order valence-corrected chi connectivity index (χ3v) is 4.23. The lowest BCUT2D eigenvalue weighted by atomic mass is 10.2. The van der Waals surface area contributed by atoms with Gasteiger partial charge in [0.25, 0.3) is 0 Å². The second-order valence-corrected chi connectivity index (χ2v) is 6.27. The summed E-state index contributed by atoms with van der Waals surface area (Å²) in [5.74, 6) is 0.0398. The molecule has 0 unspecified atom stereocenters. The molecule has 2 aromatic carbocycles. The summed E-state index contributed by atoms with van der Waals surface area (Å²) >= 11 is 18.8. The Hall–Kier alpha value is -0.740. The van der Waals surface area contributed by atoms with Crippen LogP contribution in [-0.2, 0) is 0 Å². The third kappa shape index (κ3) is 3.23. The molecule has 0 spiro atoms. The number of rotatable bonds is 2. The zero-order valence-electron chi connectivity index (χ0n) is 9.75. The number of benzene rings is 2. The Balaban J connectivity index is 2.47. The van der Waals surface area contributed by atoms with Gasteiger partial charge in [0.15, 0.2) is 0 Å². The molecular formula is C13H9Cl3O2S. The van der Waals surface area contributed by atoms with Crippen LogP contribution in [0.25, 0.3) is 0 Å². The van der Waals surface area contributed by atoms with Gasteiger partial charge in [-0.15, -0.1) is 0 Å². The zero-order chi connectivity index (χ0) is 14.2. The molecule has 0 radical (unpaired) electrons. The largest absolute Gasteiger partial charge is 0.506 e. The summed E-state index contributed by atoms with van der Waals surface area (Å²) in [7, 11) is 0. The molecule has 0 bridgehead atoms. The predicted molar refractivity (Wildman–Crippen MR) is 80.1 cm³/mol. The van der Waals surface area contributed by atoms with E-state index in [0.29, 0.717) is 25.4 Å². The van der Waals surface area contributed by atoms with E-state index in [0.717, 1.165) is 11.8 Å². The van der Waals surface area contributed by atoms with Gasteiger partial charge in [-0.25, -0.2) is 0 Å². The van der Waals surface area contributed by atoms with Gasteiger partial charge in [-0.2, -0.15) is 0 Å². The van der Waals surface area contributed by atoms with Gasteiger partial charge in [-0.3, -0.25) is 0 Å². The van der Waals surface area contributed by atoms with Crippen LogP contribution < -0.4 is 0 Å². The molecule has 0 amide bonds. The number of halogens is 3. The van der Waals surface area contributed by atoms with Crippen LogP contribution in [0.3, 0.4) is 0 Å². The smallest absolute Gasteiger partial charge is 0.148 e. The summed E-state index contributed by atoms with van der Waals surface area (Å²) in [6.07, 6.45) is 0. The van der Waals surface area contributed by atoms with Crippen molar-refractivity contribution < 1.29 is 10.2 Å². The fraction of sp³-hybridized carbons (Fsp3) is 0.0769. The van der Waals surface area contributed by atoms with E-state index < -0.39 is 0 Å². The van der Waals surface area contributed by atoms with Crippen molar-refractivity contribution in [2.45, 2.75) is 16.7 Å². The van der Waals surface area contributed by atoms with Crippen LogP contribution in [-0.4, -0.2) is 10.2 Å². The molecule has 0 saturated heterocycles. The van der Waals surface area contributed by atoms with Gasteiger partial charge in [-0.05, 0) is 36.8 Å². The van der Waals surface area contributed by atoms with Crippen molar-refractivity contribution in [2.24, 2.45) is 0 Å². The Morgan fingerprint density at radius 1 is 0.842 bits per heavy atom. The van der Waals surface area contributed by atoms with E-state index in [9.17, 15) is 10.2 Å². The van der Waals surface area contributed by atoms with Crippen LogP contribution in [0.1, 0.15) is 5.56 Å². The Labute approximate surface area is 129 Å². The average Bonchev–Trinajstić information content (AvgIpc) is 2.31. The molecule has 0 heterocycles. The molecule has 0 aliphatic carbocycles. The minimum Gasteiger partial charge on any atom is -0.506 e. The van der Waals surface area contributed by atoms with Crippen molar-refractivity contribution in [2.75, 3.05) is 0 Å². The normalized spacial score (nSPS) is 10.7. The van der Waals surface area contributed by atoms with Crippen LogP contribution in [0.15, 0.2) is 34.1 Å². The van der Waals surface area contributed by atoms with Crippen molar-refractivity contribution >= 4 is 46.6 Å². The number of phenolic OH excluding ortho intramolecular Hbond substituents is 2. The Morgan fingerprint density at radius 2 is 1.37 bits per heavy atom. The molecule has 100 valence electrons. The first-order valence-corrected chi connectivity index (χ1v) is 7.18. The van der Waals surface area contributed by atoms with Crippen molar-refractivity contribution in [3.63, 3.8) is 0 Å². The minimum atomic E-state index is -0.0758. The maximum Gasteiger partial charge on any atom is 0.148 e. The molecular weight excluding hydrogens is 327 g/mol. The first kappa shape index (κ1) is 14.7. The van der Waals surface area contributed by atoms with Crippen LogP contribution in [0.2, 0.25) is 15.1 Å². The summed E-state index contributed by atoms with van der Waals surface area (Å²) in [5.41, 5.74) is 0.655. The molecule has 6 heteroatoms. The molecule has 2 N–H and O–H groups in total. The van der Waals surface area contributed by atoms with Crippen molar-refractivity contribution in [3.05, 3.63) is 44.9 Å². The fourth-order valence-electron chi connectivity index (χ4n) is 1.52. The number of hydrogen-bond donors (Lipinski definition) is 2. The van der Waals surface area contributed by atoms with Crippen LogP contribution in [0.5, 0.6) is 11.5 Å². The van der Waals surface area contributed by atoms with Crippen molar-refractivity contribution in [3.8, 4) is 11.5 Å². The van der Waals surface area contributed by atoms with Gasteiger partial charge in [0.1, 0.15) is 11.5 Å². The topological polar surface area (TPSA) is 40.5 Å². The molecule has 0 atom stereocenters. The summed E-state index contributed by atoms with van der Waals surface area (Å²) in [5, 5.41) is 20.9.